The molecule has 0 radical (unpaired) electrons. The van der Waals surface area contributed by atoms with Gasteiger partial charge in [-0.25, -0.2) is 4.67 Å². The fraction of sp³-hybridized carbons (Fsp3) is 0.500. The van der Waals surface area contributed by atoms with Gasteiger partial charge in [-0.3, -0.25) is 4.57 Å². The van der Waals surface area contributed by atoms with E-state index in [1.54, 1.807) is 0 Å². The van der Waals surface area contributed by atoms with E-state index < -0.39 is 7.52 Å². The van der Waals surface area contributed by atoms with Crippen molar-refractivity contribution in [2.45, 2.75) is 20.8 Å². The van der Waals surface area contributed by atoms with Crippen molar-refractivity contribution in [3.05, 3.63) is 27.8 Å². The van der Waals surface area contributed by atoms with Crippen LogP contribution in [0.3, 0.4) is 0 Å². The molecule has 0 aliphatic rings. The van der Waals surface area contributed by atoms with Crippen LogP contribution in [0.25, 0.3) is 0 Å². The number of nitrogens with zero attached hydrogens (tertiary/aromatic N) is 1. The fourth-order valence-corrected chi connectivity index (χ4v) is 5.38. The molecule has 0 bridgehead atoms. The summed E-state index contributed by atoms with van der Waals surface area (Å²) in [6.45, 7) is 7.79. The van der Waals surface area contributed by atoms with Gasteiger partial charge in [0.05, 0.1) is 11.9 Å². The molecule has 5 heteroatoms. The smallest absolute Gasteiger partial charge is 0.303 e. The standard InChI is InChI=1S/C12H19INO2P/c1-4-14(5-2)17(15,16-6-3)12-10-8-7-9-11(12)13/h7-10H,4-6H2,1-3H3. The molecule has 0 spiro atoms. The van der Waals surface area contributed by atoms with Crippen LogP contribution in [-0.4, -0.2) is 24.4 Å². The molecule has 1 atom stereocenters. The highest BCUT2D eigenvalue weighted by atomic mass is 127. The Morgan fingerprint density at radius 3 is 2.29 bits per heavy atom. The minimum atomic E-state index is -2.89. The van der Waals surface area contributed by atoms with E-state index in [0.717, 1.165) is 22.0 Å². The molecule has 0 N–H and O–H groups in total. The molecule has 0 saturated carbocycles. The van der Waals surface area contributed by atoms with Crippen molar-refractivity contribution >= 4 is 35.4 Å². The molecule has 96 valence electrons. The maximum Gasteiger partial charge on any atom is 0.303 e. The minimum absolute atomic E-state index is 0.457. The SMILES string of the molecule is CCOP(=O)(c1ccccc1I)N(CC)CC. The van der Waals surface area contributed by atoms with Crippen molar-refractivity contribution in [2.24, 2.45) is 0 Å². The summed E-state index contributed by atoms with van der Waals surface area (Å²) in [5, 5.41) is 0.811. The van der Waals surface area contributed by atoms with Crippen LogP contribution in [0.2, 0.25) is 0 Å². The normalized spacial score (nSPS) is 14.9. The van der Waals surface area contributed by atoms with Crippen LogP contribution in [0.15, 0.2) is 24.3 Å². The lowest BCUT2D eigenvalue weighted by Crippen LogP contribution is -2.28. The number of hydrogen-bond donors (Lipinski definition) is 0. The first kappa shape index (κ1) is 15.2. The van der Waals surface area contributed by atoms with Crippen molar-refractivity contribution < 1.29 is 9.09 Å². The number of hydrogen-bond acceptors (Lipinski definition) is 2. The third kappa shape index (κ3) is 3.31. The summed E-state index contributed by atoms with van der Waals surface area (Å²) in [6.07, 6.45) is 0. The Kier molecular flexibility index (Phi) is 6.13. The molecule has 0 aromatic heterocycles. The van der Waals surface area contributed by atoms with Gasteiger partial charge in [-0.1, -0.05) is 26.0 Å². The Hall–Kier alpha value is 0.1000. The largest absolute Gasteiger partial charge is 0.314 e. The highest BCUT2D eigenvalue weighted by Gasteiger charge is 2.33. The van der Waals surface area contributed by atoms with Gasteiger partial charge in [-0.2, -0.15) is 0 Å². The number of rotatable bonds is 6. The predicted molar refractivity (Wildman–Crippen MR) is 80.9 cm³/mol. The summed E-state index contributed by atoms with van der Waals surface area (Å²) >= 11 is 2.21. The molecule has 1 rings (SSSR count). The average molecular weight is 367 g/mol. The Labute approximate surface area is 117 Å². The Balaban J connectivity index is 3.25. The first-order chi connectivity index (χ1) is 8.10. The van der Waals surface area contributed by atoms with Gasteiger partial charge in [0, 0.05) is 16.7 Å². The van der Waals surface area contributed by atoms with Crippen LogP contribution >= 0.6 is 30.1 Å². The van der Waals surface area contributed by atoms with Gasteiger partial charge >= 0.3 is 7.52 Å². The second-order valence-corrected chi connectivity index (χ2v) is 7.04. The van der Waals surface area contributed by atoms with Crippen LogP contribution in [0.1, 0.15) is 20.8 Å². The highest BCUT2D eigenvalue weighted by Crippen LogP contribution is 2.50. The van der Waals surface area contributed by atoms with Crippen molar-refractivity contribution in [1.82, 2.24) is 4.67 Å². The van der Waals surface area contributed by atoms with Gasteiger partial charge < -0.3 is 4.52 Å². The molecule has 17 heavy (non-hydrogen) atoms. The van der Waals surface area contributed by atoms with Gasteiger partial charge in [-0.05, 0) is 41.6 Å². The van der Waals surface area contributed by atoms with E-state index in [4.69, 9.17) is 4.52 Å². The molecule has 0 amide bonds. The van der Waals surface area contributed by atoms with Gasteiger partial charge in [0.1, 0.15) is 0 Å². The topological polar surface area (TPSA) is 29.5 Å². The van der Waals surface area contributed by atoms with E-state index in [1.165, 1.54) is 0 Å². The van der Waals surface area contributed by atoms with Crippen molar-refractivity contribution in [3.63, 3.8) is 0 Å². The second kappa shape index (κ2) is 6.88. The van der Waals surface area contributed by atoms with Crippen molar-refractivity contribution in [2.75, 3.05) is 19.7 Å². The maximum absolute atomic E-state index is 13.1. The molecule has 0 saturated heterocycles. The second-order valence-electron chi connectivity index (χ2n) is 3.53. The molecule has 1 aromatic carbocycles. The summed E-state index contributed by atoms with van der Waals surface area (Å²) in [6, 6.07) is 7.72. The van der Waals surface area contributed by atoms with Gasteiger partial charge in [0.15, 0.2) is 0 Å². The number of halogens is 1. The third-order valence-corrected chi connectivity index (χ3v) is 6.85. The lowest BCUT2D eigenvalue weighted by atomic mass is 10.4. The first-order valence-electron chi connectivity index (χ1n) is 5.85. The van der Waals surface area contributed by atoms with Crippen LogP contribution in [0, 0.1) is 3.57 Å². The van der Waals surface area contributed by atoms with Gasteiger partial charge in [-0.15, -0.1) is 0 Å². The summed E-state index contributed by atoms with van der Waals surface area (Å²) in [5.41, 5.74) is 0. The van der Waals surface area contributed by atoms with E-state index in [9.17, 15) is 4.57 Å². The zero-order valence-corrected chi connectivity index (χ0v) is 13.6. The summed E-state index contributed by atoms with van der Waals surface area (Å²) in [7, 11) is -2.89. The Morgan fingerprint density at radius 2 is 1.82 bits per heavy atom. The van der Waals surface area contributed by atoms with Gasteiger partial charge in [0.2, 0.25) is 0 Å². The average Bonchev–Trinajstić information content (AvgIpc) is 2.31. The van der Waals surface area contributed by atoms with Crippen molar-refractivity contribution in [1.29, 1.82) is 0 Å². The highest BCUT2D eigenvalue weighted by molar-refractivity contribution is 14.1. The third-order valence-electron chi connectivity index (χ3n) is 2.56. The maximum atomic E-state index is 13.1. The molecule has 0 heterocycles. The molecular weight excluding hydrogens is 348 g/mol. The molecule has 0 aliphatic heterocycles. The summed E-state index contributed by atoms with van der Waals surface area (Å²) in [4.78, 5) is 0. The molecule has 1 aromatic rings. The quantitative estimate of drug-likeness (QED) is 0.570. The zero-order chi connectivity index (χ0) is 12.9. The number of benzene rings is 1. The van der Waals surface area contributed by atoms with Crippen molar-refractivity contribution in [3.8, 4) is 0 Å². The van der Waals surface area contributed by atoms with Crippen LogP contribution in [-0.2, 0) is 9.09 Å². The van der Waals surface area contributed by atoms with Gasteiger partial charge in [0.25, 0.3) is 0 Å². The summed E-state index contributed by atoms with van der Waals surface area (Å²) < 4.78 is 21.6. The minimum Gasteiger partial charge on any atom is -0.314 e. The predicted octanol–water partition coefficient (Wildman–Crippen LogP) is 3.49. The van der Waals surface area contributed by atoms with E-state index >= 15 is 0 Å². The lowest BCUT2D eigenvalue weighted by Gasteiger charge is -2.29. The Bertz CT molecular complexity index is 407. The fourth-order valence-electron chi connectivity index (χ4n) is 1.76. The first-order valence-corrected chi connectivity index (χ1v) is 8.50. The van der Waals surface area contributed by atoms with Crippen LogP contribution < -0.4 is 5.30 Å². The van der Waals surface area contributed by atoms with E-state index in [1.807, 2.05) is 49.7 Å². The molecular formula is C12H19INO2P. The monoisotopic (exact) mass is 367 g/mol. The molecule has 1 unspecified atom stereocenters. The zero-order valence-electron chi connectivity index (χ0n) is 10.5. The van der Waals surface area contributed by atoms with Crippen LogP contribution in [0.4, 0.5) is 0 Å². The lowest BCUT2D eigenvalue weighted by molar-refractivity contribution is 0.287. The van der Waals surface area contributed by atoms with Crippen LogP contribution in [0.5, 0.6) is 0 Å². The van der Waals surface area contributed by atoms with E-state index in [-0.39, 0.29) is 0 Å². The molecule has 0 fully saturated rings. The molecule has 0 aliphatic carbocycles. The Morgan fingerprint density at radius 1 is 1.24 bits per heavy atom. The molecule has 3 nitrogen and oxygen atoms in total. The summed E-state index contributed by atoms with van der Waals surface area (Å²) in [5.74, 6) is 0. The van der Waals surface area contributed by atoms with E-state index in [0.29, 0.717) is 6.61 Å². The van der Waals surface area contributed by atoms with E-state index in [2.05, 4.69) is 22.6 Å².